The van der Waals surface area contributed by atoms with Gasteiger partial charge in [0.25, 0.3) is 0 Å². The van der Waals surface area contributed by atoms with Crippen molar-refractivity contribution in [1.29, 1.82) is 5.26 Å². The smallest absolute Gasteiger partial charge is 0.0991 e. The van der Waals surface area contributed by atoms with Crippen LogP contribution >= 0.6 is 34.4 Å². The van der Waals surface area contributed by atoms with Gasteiger partial charge in [-0.1, -0.05) is 11.8 Å². The van der Waals surface area contributed by atoms with Crippen LogP contribution in [0.5, 0.6) is 0 Å². The molecule has 0 unspecified atom stereocenters. The molecule has 84 valence electrons. The quantitative estimate of drug-likeness (QED) is 0.659. The van der Waals surface area contributed by atoms with Crippen molar-refractivity contribution in [3.8, 4) is 6.07 Å². The van der Waals surface area contributed by atoms with Crippen LogP contribution < -0.4 is 5.73 Å². The molecule has 4 heteroatoms. The molecule has 2 aromatic rings. The zero-order valence-electron chi connectivity index (χ0n) is 8.85. The maximum absolute atomic E-state index is 8.71. The van der Waals surface area contributed by atoms with Gasteiger partial charge in [-0.25, -0.2) is 0 Å². The van der Waals surface area contributed by atoms with E-state index in [4.69, 9.17) is 11.0 Å². The first-order valence-corrected chi connectivity index (χ1v) is 6.81. The van der Waals surface area contributed by atoms with Gasteiger partial charge in [-0.3, -0.25) is 0 Å². The van der Waals surface area contributed by atoms with E-state index in [0.717, 1.165) is 19.0 Å². The first-order valence-electron chi connectivity index (χ1n) is 4.92. The second-order valence-corrected chi connectivity index (χ2v) is 5.73. The van der Waals surface area contributed by atoms with Gasteiger partial charge in [0.15, 0.2) is 0 Å². The Morgan fingerprint density at radius 1 is 1.06 bits per heavy atom. The summed E-state index contributed by atoms with van der Waals surface area (Å²) >= 11 is 3.85. The third-order valence-electron chi connectivity index (χ3n) is 2.19. The minimum atomic E-state index is 0.677. The van der Waals surface area contributed by atoms with Gasteiger partial charge in [-0.05, 0) is 65.1 Å². The van der Waals surface area contributed by atoms with Gasteiger partial charge in [-0.2, -0.15) is 5.26 Å². The fourth-order valence-electron chi connectivity index (χ4n) is 1.32. The lowest BCUT2D eigenvalue weighted by molar-refractivity contribution is 1.38. The lowest BCUT2D eigenvalue weighted by Crippen LogP contribution is -1.88. The van der Waals surface area contributed by atoms with Crippen molar-refractivity contribution in [2.24, 2.45) is 0 Å². The standard InChI is InChI=1S/C13H9IN2S/c14-12-6-5-11(7-13(12)16)17-10-3-1-9(8-15)2-4-10/h1-7H,16H2. The minimum absolute atomic E-state index is 0.677. The van der Waals surface area contributed by atoms with Crippen molar-refractivity contribution >= 4 is 40.0 Å². The highest BCUT2D eigenvalue weighted by Crippen LogP contribution is 2.30. The van der Waals surface area contributed by atoms with Crippen LogP contribution in [-0.2, 0) is 0 Å². The summed E-state index contributed by atoms with van der Waals surface area (Å²) in [6.07, 6.45) is 0. The van der Waals surface area contributed by atoms with Crippen LogP contribution in [0.3, 0.4) is 0 Å². The molecular formula is C13H9IN2S. The number of nitriles is 1. The first kappa shape index (κ1) is 12.3. The van der Waals surface area contributed by atoms with E-state index in [2.05, 4.69) is 28.7 Å². The summed E-state index contributed by atoms with van der Waals surface area (Å²) < 4.78 is 1.06. The molecule has 0 aromatic heterocycles. The molecule has 0 fully saturated rings. The maximum Gasteiger partial charge on any atom is 0.0991 e. The maximum atomic E-state index is 8.71. The Hall–Kier alpha value is -1.19. The van der Waals surface area contributed by atoms with Crippen molar-refractivity contribution in [3.63, 3.8) is 0 Å². The van der Waals surface area contributed by atoms with Crippen molar-refractivity contribution in [2.75, 3.05) is 5.73 Å². The average molecular weight is 352 g/mol. The second-order valence-electron chi connectivity index (χ2n) is 3.42. The topological polar surface area (TPSA) is 49.8 Å². The Bertz CT molecular complexity index is 573. The van der Waals surface area contributed by atoms with Crippen LogP contribution in [0.4, 0.5) is 5.69 Å². The van der Waals surface area contributed by atoms with Gasteiger partial charge in [-0.15, -0.1) is 0 Å². The first-order chi connectivity index (χ1) is 8.19. The number of nitrogens with zero attached hydrogens (tertiary/aromatic N) is 1. The molecule has 0 saturated heterocycles. The van der Waals surface area contributed by atoms with Gasteiger partial charge >= 0.3 is 0 Å². The number of nitrogens with two attached hydrogens (primary N) is 1. The van der Waals surface area contributed by atoms with E-state index in [-0.39, 0.29) is 0 Å². The molecule has 0 aliphatic carbocycles. The zero-order chi connectivity index (χ0) is 12.3. The normalized spacial score (nSPS) is 9.88. The van der Waals surface area contributed by atoms with Gasteiger partial charge < -0.3 is 5.73 Å². The molecule has 0 spiro atoms. The van der Waals surface area contributed by atoms with E-state index >= 15 is 0 Å². The third-order valence-corrected chi connectivity index (χ3v) is 4.17. The zero-order valence-corrected chi connectivity index (χ0v) is 11.8. The average Bonchev–Trinajstić information content (AvgIpc) is 2.35. The van der Waals surface area contributed by atoms with E-state index in [1.54, 1.807) is 11.8 Å². The molecule has 0 heterocycles. The molecule has 0 bridgehead atoms. The largest absolute Gasteiger partial charge is 0.398 e. The molecule has 0 amide bonds. The lowest BCUT2D eigenvalue weighted by atomic mass is 10.2. The fourth-order valence-corrected chi connectivity index (χ4v) is 2.52. The number of hydrogen-bond acceptors (Lipinski definition) is 3. The Morgan fingerprint density at radius 3 is 2.29 bits per heavy atom. The van der Waals surface area contributed by atoms with Crippen LogP contribution in [0, 0.1) is 14.9 Å². The van der Waals surface area contributed by atoms with Crippen molar-refractivity contribution < 1.29 is 0 Å². The number of hydrogen-bond donors (Lipinski definition) is 1. The molecule has 2 N–H and O–H groups in total. The Morgan fingerprint density at radius 2 is 1.71 bits per heavy atom. The van der Waals surface area contributed by atoms with Crippen molar-refractivity contribution in [1.82, 2.24) is 0 Å². The number of rotatable bonds is 2. The highest BCUT2D eigenvalue weighted by Gasteiger charge is 2.00. The molecule has 2 aromatic carbocycles. The number of benzene rings is 2. The van der Waals surface area contributed by atoms with Crippen LogP contribution in [0.25, 0.3) is 0 Å². The molecule has 0 atom stereocenters. The number of nitrogen functional groups attached to an aromatic ring is 1. The van der Waals surface area contributed by atoms with E-state index in [9.17, 15) is 0 Å². The van der Waals surface area contributed by atoms with E-state index in [1.807, 2.05) is 42.5 Å². The Labute approximate surface area is 118 Å². The van der Waals surface area contributed by atoms with Gasteiger partial charge in [0.1, 0.15) is 0 Å². The van der Waals surface area contributed by atoms with Gasteiger partial charge in [0.05, 0.1) is 11.6 Å². The summed E-state index contributed by atoms with van der Waals surface area (Å²) in [5.41, 5.74) is 7.33. The summed E-state index contributed by atoms with van der Waals surface area (Å²) in [6, 6.07) is 15.6. The van der Waals surface area contributed by atoms with Crippen LogP contribution in [0.1, 0.15) is 5.56 Å². The molecule has 0 radical (unpaired) electrons. The van der Waals surface area contributed by atoms with Gasteiger partial charge in [0, 0.05) is 19.0 Å². The summed E-state index contributed by atoms with van der Waals surface area (Å²) in [7, 11) is 0. The SMILES string of the molecule is N#Cc1ccc(Sc2ccc(I)c(N)c2)cc1. The number of anilines is 1. The van der Waals surface area contributed by atoms with Crippen LogP contribution in [-0.4, -0.2) is 0 Å². The highest BCUT2D eigenvalue weighted by molar-refractivity contribution is 14.1. The predicted molar refractivity (Wildman–Crippen MR) is 78.9 cm³/mol. The monoisotopic (exact) mass is 352 g/mol. The van der Waals surface area contributed by atoms with Crippen molar-refractivity contribution in [3.05, 3.63) is 51.6 Å². The Balaban J connectivity index is 2.20. The van der Waals surface area contributed by atoms with Crippen LogP contribution in [0.15, 0.2) is 52.3 Å². The lowest BCUT2D eigenvalue weighted by Gasteiger charge is -2.04. The molecular weight excluding hydrogens is 343 g/mol. The molecule has 17 heavy (non-hydrogen) atoms. The van der Waals surface area contributed by atoms with Crippen molar-refractivity contribution in [2.45, 2.75) is 9.79 Å². The summed E-state index contributed by atoms with van der Waals surface area (Å²) in [4.78, 5) is 2.21. The Kier molecular flexibility index (Phi) is 3.92. The van der Waals surface area contributed by atoms with E-state index < -0.39 is 0 Å². The molecule has 0 aliphatic rings. The fraction of sp³-hybridized carbons (Fsp3) is 0. The summed E-state index contributed by atoms with van der Waals surface area (Å²) in [5.74, 6) is 0. The van der Waals surface area contributed by atoms with E-state index in [1.165, 1.54) is 0 Å². The second kappa shape index (κ2) is 5.43. The highest BCUT2D eigenvalue weighted by atomic mass is 127. The third kappa shape index (κ3) is 3.14. The molecule has 0 aliphatic heterocycles. The molecule has 2 nitrogen and oxygen atoms in total. The number of halogens is 1. The molecule has 2 rings (SSSR count). The van der Waals surface area contributed by atoms with Crippen LogP contribution in [0.2, 0.25) is 0 Å². The summed E-state index contributed by atoms with van der Waals surface area (Å²) in [5, 5.41) is 8.71. The van der Waals surface area contributed by atoms with Gasteiger partial charge in [0.2, 0.25) is 0 Å². The molecule has 0 saturated carbocycles. The summed E-state index contributed by atoms with van der Waals surface area (Å²) in [6.45, 7) is 0. The minimum Gasteiger partial charge on any atom is -0.398 e. The van der Waals surface area contributed by atoms with E-state index in [0.29, 0.717) is 5.56 Å². The predicted octanol–water partition coefficient (Wildman–Crippen LogP) is 3.90.